The normalized spacial score (nSPS) is 10.9. The zero-order valence-corrected chi connectivity index (χ0v) is 9.86. The molecule has 0 saturated heterocycles. The minimum atomic E-state index is 0.379. The van der Waals surface area contributed by atoms with Crippen LogP contribution >= 0.6 is 11.8 Å². The molecule has 0 aliphatic carbocycles. The molecule has 7 nitrogen and oxygen atoms in total. The van der Waals surface area contributed by atoms with Crippen LogP contribution in [0.2, 0.25) is 0 Å². The van der Waals surface area contributed by atoms with E-state index in [0.29, 0.717) is 24.0 Å². The summed E-state index contributed by atoms with van der Waals surface area (Å²) < 4.78 is 6.85. The third-order valence-electron chi connectivity index (χ3n) is 2.00. The Morgan fingerprint density at radius 3 is 2.81 bits per heavy atom. The van der Waals surface area contributed by atoms with Crippen molar-refractivity contribution < 1.29 is 4.52 Å². The molecule has 0 spiro atoms. The topological polar surface area (TPSA) is 95.6 Å². The second-order valence-electron chi connectivity index (χ2n) is 3.19. The highest BCUT2D eigenvalue weighted by Gasteiger charge is 2.10. The third-order valence-corrected chi connectivity index (χ3v) is 3.01. The molecular weight excluding hydrogens is 228 g/mol. The van der Waals surface area contributed by atoms with Gasteiger partial charge in [0.2, 0.25) is 5.89 Å². The predicted molar refractivity (Wildman–Crippen MR) is 57.5 cm³/mol. The highest BCUT2D eigenvalue weighted by molar-refractivity contribution is 7.98. The van der Waals surface area contributed by atoms with Gasteiger partial charge in [-0.2, -0.15) is 4.98 Å². The van der Waals surface area contributed by atoms with E-state index in [4.69, 9.17) is 10.3 Å². The zero-order chi connectivity index (χ0) is 11.5. The molecular formula is C8H12N6OS. The van der Waals surface area contributed by atoms with Crippen molar-refractivity contribution >= 4 is 11.8 Å². The maximum atomic E-state index is 5.50. The highest BCUT2D eigenvalue weighted by Crippen LogP contribution is 2.19. The fourth-order valence-electron chi connectivity index (χ4n) is 1.17. The van der Waals surface area contributed by atoms with Crippen LogP contribution in [0.5, 0.6) is 0 Å². The summed E-state index contributed by atoms with van der Waals surface area (Å²) in [4.78, 5) is 4.10. The van der Waals surface area contributed by atoms with Gasteiger partial charge in [0.05, 0.1) is 12.3 Å². The van der Waals surface area contributed by atoms with Crippen molar-refractivity contribution in [3.63, 3.8) is 0 Å². The molecule has 2 N–H and O–H groups in total. The molecule has 86 valence electrons. The molecule has 2 aromatic rings. The fourth-order valence-corrected chi connectivity index (χ4v) is 1.94. The monoisotopic (exact) mass is 240 g/mol. The summed E-state index contributed by atoms with van der Waals surface area (Å²) in [5.41, 5.74) is 5.50. The van der Waals surface area contributed by atoms with Gasteiger partial charge in [-0.25, -0.2) is 0 Å². The van der Waals surface area contributed by atoms with E-state index >= 15 is 0 Å². The SMILES string of the molecule is Cc1noc(CSc2nnc(CN)n2C)n1. The molecule has 0 unspecified atom stereocenters. The van der Waals surface area contributed by atoms with Crippen LogP contribution in [0.3, 0.4) is 0 Å². The zero-order valence-electron chi connectivity index (χ0n) is 9.04. The summed E-state index contributed by atoms with van der Waals surface area (Å²) >= 11 is 1.49. The molecule has 0 aliphatic heterocycles. The molecule has 0 fully saturated rings. The number of hydrogen-bond donors (Lipinski definition) is 1. The Kier molecular flexibility index (Phi) is 3.20. The first kappa shape index (κ1) is 11.1. The molecule has 0 atom stereocenters. The number of hydrogen-bond acceptors (Lipinski definition) is 7. The Labute approximate surface area is 96.4 Å². The van der Waals surface area contributed by atoms with Gasteiger partial charge in [0.15, 0.2) is 11.0 Å². The quantitative estimate of drug-likeness (QED) is 0.765. The summed E-state index contributed by atoms with van der Waals surface area (Å²) in [6, 6.07) is 0. The standard InChI is InChI=1S/C8H12N6OS/c1-5-10-7(15-13-5)4-16-8-12-11-6(3-9)14(8)2/h3-4,9H2,1-2H3. The minimum absolute atomic E-state index is 0.379. The summed E-state index contributed by atoms with van der Waals surface area (Å²) in [6.07, 6.45) is 0. The summed E-state index contributed by atoms with van der Waals surface area (Å²) in [7, 11) is 1.88. The molecule has 0 amide bonds. The van der Waals surface area contributed by atoms with E-state index in [0.717, 1.165) is 11.0 Å². The van der Waals surface area contributed by atoms with Gasteiger partial charge >= 0.3 is 0 Å². The van der Waals surface area contributed by atoms with Crippen molar-refractivity contribution in [1.29, 1.82) is 0 Å². The first-order chi connectivity index (χ1) is 7.70. The number of thioether (sulfide) groups is 1. The van der Waals surface area contributed by atoms with Crippen molar-refractivity contribution in [2.45, 2.75) is 24.4 Å². The smallest absolute Gasteiger partial charge is 0.237 e. The van der Waals surface area contributed by atoms with Crippen LogP contribution in [-0.2, 0) is 19.3 Å². The maximum absolute atomic E-state index is 5.50. The first-order valence-corrected chi connectivity index (χ1v) is 5.69. The van der Waals surface area contributed by atoms with E-state index in [2.05, 4.69) is 20.3 Å². The lowest BCUT2D eigenvalue weighted by Gasteiger charge is -1.99. The van der Waals surface area contributed by atoms with Gasteiger partial charge < -0.3 is 14.8 Å². The average Bonchev–Trinajstić information content (AvgIpc) is 2.83. The minimum Gasteiger partial charge on any atom is -0.338 e. The average molecular weight is 240 g/mol. The summed E-state index contributed by atoms with van der Waals surface area (Å²) in [5.74, 6) is 2.55. The Hall–Kier alpha value is -1.41. The molecule has 16 heavy (non-hydrogen) atoms. The molecule has 8 heteroatoms. The van der Waals surface area contributed by atoms with Crippen molar-refractivity contribution in [3.05, 3.63) is 17.5 Å². The van der Waals surface area contributed by atoms with E-state index in [-0.39, 0.29) is 0 Å². The van der Waals surface area contributed by atoms with Crippen LogP contribution in [0.1, 0.15) is 17.5 Å². The first-order valence-electron chi connectivity index (χ1n) is 4.71. The van der Waals surface area contributed by atoms with Crippen molar-refractivity contribution in [1.82, 2.24) is 24.9 Å². The van der Waals surface area contributed by atoms with Gasteiger partial charge in [-0.3, -0.25) is 0 Å². The molecule has 0 aliphatic rings. The molecule has 0 bridgehead atoms. The van der Waals surface area contributed by atoms with E-state index in [1.54, 1.807) is 6.92 Å². The van der Waals surface area contributed by atoms with Gasteiger partial charge in [-0.1, -0.05) is 16.9 Å². The number of rotatable bonds is 4. The van der Waals surface area contributed by atoms with E-state index in [9.17, 15) is 0 Å². The Morgan fingerprint density at radius 1 is 1.44 bits per heavy atom. The lowest BCUT2D eigenvalue weighted by atomic mass is 10.6. The second kappa shape index (κ2) is 4.62. The highest BCUT2D eigenvalue weighted by atomic mass is 32.2. The molecule has 0 saturated carbocycles. The summed E-state index contributed by atoms with van der Waals surface area (Å²) in [5, 5.41) is 12.5. The van der Waals surface area contributed by atoms with Gasteiger partial charge in [-0.15, -0.1) is 10.2 Å². The second-order valence-corrected chi connectivity index (χ2v) is 4.13. The third kappa shape index (κ3) is 2.22. The van der Waals surface area contributed by atoms with Crippen LogP contribution in [-0.4, -0.2) is 24.9 Å². The van der Waals surface area contributed by atoms with Gasteiger partial charge in [0.1, 0.15) is 5.82 Å². The number of nitrogens with zero attached hydrogens (tertiary/aromatic N) is 5. The Bertz CT molecular complexity index is 479. The molecule has 2 heterocycles. The Morgan fingerprint density at radius 2 is 2.25 bits per heavy atom. The molecule has 2 aromatic heterocycles. The van der Waals surface area contributed by atoms with E-state index in [1.807, 2.05) is 11.6 Å². The predicted octanol–water partition coefficient (Wildman–Crippen LogP) is 0.258. The lowest BCUT2D eigenvalue weighted by molar-refractivity contribution is 0.387. The number of aryl methyl sites for hydroxylation is 1. The van der Waals surface area contributed by atoms with Crippen LogP contribution in [0.4, 0.5) is 0 Å². The Balaban J connectivity index is 2.02. The molecule has 0 radical (unpaired) electrons. The fraction of sp³-hybridized carbons (Fsp3) is 0.500. The van der Waals surface area contributed by atoms with Gasteiger partial charge in [0.25, 0.3) is 0 Å². The van der Waals surface area contributed by atoms with E-state index < -0.39 is 0 Å². The number of aromatic nitrogens is 5. The van der Waals surface area contributed by atoms with Crippen molar-refractivity contribution in [3.8, 4) is 0 Å². The van der Waals surface area contributed by atoms with Gasteiger partial charge in [0, 0.05) is 7.05 Å². The lowest BCUT2D eigenvalue weighted by Crippen LogP contribution is -2.05. The van der Waals surface area contributed by atoms with Crippen LogP contribution in [0, 0.1) is 6.92 Å². The van der Waals surface area contributed by atoms with E-state index in [1.165, 1.54) is 11.8 Å². The van der Waals surface area contributed by atoms with Crippen LogP contribution in [0.25, 0.3) is 0 Å². The van der Waals surface area contributed by atoms with Crippen LogP contribution in [0.15, 0.2) is 9.68 Å². The largest absolute Gasteiger partial charge is 0.338 e. The molecule has 2 rings (SSSR count). The van der Waals surface area contributed by atoms with Crippen molar-refractivity contribution in [2.24, 2.45) is 12.8 Å². The van der Waals surface area contributed by atoms with Crippen LogP contribution < -0.4 is 5.73 Å². The van der Waals surface area contributed by atoms with Crippen molar-refractivity contribution in [2.75, 3.05) is 0 Å². The number of nitrogens with two attached hydrogens (primary N) is 1. The maximum Gasteiger partial charge on any atom is 0.237 e. The molecule has 0 aromatic carbocycles. The van der Waals surface area contributed by atoms with Gasteiger partial charge in [-0.05, 0) is 6.92 Å². The summed E-state index contributed by atoms with van der Waals surface area (Å²) in [6.45, 7) is 2.16.